The number of aromatic nitrogens is 1. The van der Waals surface area contributed by atoms with Crippen molar-refractivity contribution in [1.82, 2.24) is 9.88 Å². The highest BCUT2D eigenvalue weighted by Crippen LogP contribution is 2.39. The third kappa shape index (κ3) is 3.47. The molecule has 0 unspecified atom stereocenters. The van der Waals surface area contributed by atoms with E-state index in [2.05, 4.69) is 4.98 Å². The summed E-state index contributed by atoms with van der Waals surface area (Å²) < 4.78 is 0. The minimum atomic E-state index is -0.577. The van der Waals surface area contributed by atoms with Crippen molar-refractivity contribution in [2.75, 3.05) is 13.1 Å². The van der Waals surface area contributed by atoms with Crippen molar-refractivity contribution in [2.45, 2.75) is 25.4 Å². The zero-order valence-corrected chi connectivity index (χ0v) is 15.4. The van der Waals surface area contributed by atoms with Crippen LogP contribution in [0.2, 0.25) is 0 Å². The molecule has 0 aliphatic carbocycles. The average Bonchev–Trinajstić information content (AvgIpc) is 2.83. The first kappa shape index (κ1) is 17.7. The Morgan fingerprint density at radius 2 is 2.04 bits per heavy atom. The molecular formula is C18H20N6O2S. The standard InChI is InChI=1S/C18H20N6O2S/c19-14-11-9-13(27-16(14)17(20)26)22-18(24-7-4-10(25)5-8-24)23-15(11)12-3-1-2-6-21-12/h1-3,6,10,25H,4-5,7-9,19H2,(H2,20,26). The Morgan fingerprint density at radius 3 is 2.70 bits per heavy atom. The summed E-state index contributed by atoms with van der Waals surface area (Å²) in [7, 11) is 0. The number of aliphatic hydroxyl groups is 1. The topological polar surface area (TPSA) is 130 Å². The molecule has 3 aliphatic heterocycles. The lowest BCUT2D eigenvalue weighted by Gasteiger charge is -2.30. The Kier molecular flexibility index (Phi) is 4.71. The number of aliphatic imine (C=N–C) groups is 2. The van der Waals surface area contributed by atoms with Gasteiger partial charge in [0, 0.05) is 31.3 Å². The number of hydrogen-bond donors (Lipinski definition) is 3. The molecular weight excluding hydrogens is 364 g/mol. The van der Waals surface area contributed by atoms with E-state index in [1.807, 2.05) is 23.1 Å². The highest BCUT2D eigenvalue weighted by molar-refractivity contribution is 8.18. The number of rotatable bonds is 2. The van der Waals surface area contributed by atoms with Crippen LogP contribution in [0.1, 0.15) is 25.0 Å². The number of fused-ring (bicyclic) bond motifs is 2. The van der Waals surface area contributed by atoms with E-state index < -0.39 is 5.91 Å². The molecule has 140 valence electrons. The van der Waals surface area contributed by atoms with Crippen LogP contribution in [0.15, 0.2) is 50.6 Å². The van der Waals surface area contributed by atoms with Gasteiger partial charge in [0.1, 0.15) is 4.91 Å². The second kappa shape index (κ2) is 7.16. The Balaban J connectivity index is 1.85. The van der Waals surface area contributed by atoms with E-state index >= 15 is 0 Å². The van der Waals surface area contributed by atoms with Crippen molar-refractivity contribution in [1.29, 1.82) is 0 Å². The number of primary amides is 1. The number of guanidine groups is 1. The fourth-order valence-corrected chi connectivity index (χ4v) is 4.19. The van der Waals surface area contributed by atoms with E-state index in [4.69, 9.17) is 21.5 Å². The number of hydrogen-bond acceptors (Lipinski definition) is 8. The van der Waals surface area contributed by atoms with Crippen LogP contribution in [0.25, 0.3) is 5.70 Å². The van der Waals surface area contributed by atoms with Gasteiger partial charge in [-0.25, -0.2) is 9.98 Å². The quantitative estimate of drug-likeness (QED) is 0.692. The van der Waals surface area contributed by atoms with Gasteiger partial charge in [-0.2, -0.15) is 0 Å². The lowest BCUT2D eigenvalue weighted by atomic mass is 10.0. The molecule has 0 saturated carbocycles. The molecule has 1 amide bonds. The Hall–Kier alpha value is -2.65. The number of pyridine rings is 1. The third-order valence-corrected chi connectivity index (χ3v) is 5.82. The number of piperidine rings is 1. The predicted molar refractivity (Wildman–Crippen MR) is 105 cm³/mol. The summed E-state index contributed by atoms with van der Waals surface area (Å²) in [6.07, 6.45) is 3.21. The minimum Gasteiger partial charge on any atom is -0.397 e. The zero-order valence-electron chi connectivity index (χ0n) is 14.6. The van der Waals surface area contributed by atoms with Crippen LogP contribution in [0.4, 0.5) is 0 Å². The molecule has 1 saturated heterocycles. The molecule has 5 N–H and O–H groups in total. The van der Waals surface area contributed by atoms with Crippen molar-refractivity contribution < 1.29 is 9.90 Å². The Bertz CT molecular complexity index is 898. The monoisotopic (exact) mass is 384 g/mol. The first-order valence-electron chi connectivity index (χ1n) is 8.74. The van der Waals surface area contributed by atoms with E-state index in [1.54, 1.807) is 6.20 Å². The molecule has 2 bridgehead atoms. The van der Waals surface area contributed by atoms with Crippen LogP contribution in [0, 0.1) is 0 Å². The van der Waals surface area contributed by atoms with Gasteiger partial charge in [0.2, 0.25) is 5.96 Å². The number of carbonyl (C=O) groups is 1. The first-order valence-corrected chi connectivity index (χ1v) is 9.56. The van der Waals surface area contributed by atoms with Crippen molar-refractivity contribution >= 4 is 34.4 Å². The summed E-state index contributed by atoms with van der Waals surface area (Å²) in [4.78, 5) is 28.1. The number of aliphatic hydroxyl groups excluding tert-OH is 1. The summed E-state index contributed by atoms with van der Waals surface area (Å²) in [6.45, 7) is 1.33. The van der Waals surface area contributed by atoms with Gasteiger partial charge in [0.15, 0.2) is 0 Å². The average molecular weight is 384 g/mol. The SMILES string of the molecule is NC(=O)C1=C(N)C2=C(c3ccccn3)N=C(N3CCC(O)CC3)N=C(C2)S1. The van der Waals surface area contributed by atoms with E-state index in [0.29, 0.717) is 61.0 Å². The lowest BCUT2D eigenvalue weighted by Crippen LogP contribution is -2.39. The van der Waals surface area contributed by atoms with Crippen LogP contribution >= 0.6 is 11.8 Å². The number of carbonyl (C=O) groups excluding carboxylic acids is 1. The van der Waals surface area contributed by atoms with Gasteiger partial charge in [-0.15, -0.1) is 0 Å². The molecule has 27 heavy (non-hydrogen) atoms. The fraction of sp³-hybridized carbons (Fsp3) is 0.333. The summed E-state index contributed by atoms with van der Waals surface area (Å²) >= 11 is 1.20. The highest BCUT2D eigenvalue weighted by atomic mass is 32.2. The molecule has 4 heterocycles. The number of amides is 1. The number of nitrogens with two attached hydrogens (primary N) is 2. The summed E-state index contributed by atoms with van der Waals surface area (Å²) in [5.74, 6) is -0.0223. The van der Waals surface area contributed by atoms with Crippen molar-refractivity contribution in [3.8, 4) is 0 Å². The molecule has 8 nitrogen and oxygen atoms in total. The van der Waals surface area contributed by atoms with E-state index in [-0.39, 0.29) is 11.0 Å². The Labute approximate surface area is 160 Å². The smallest absolute Gasteiger partial charge is 0.257 e. The maximum Gasteiger partial charge on any atom is 0.257 e. The zero-order chi connectivity index (χ0) is 19.0. The van der Waals surface area contributed by atoms with Crippen LogP contribution in [-0.2, 0) is 4.79 Å². The van der Waals surface area contributed by atoms with Crippen LogP contribution in [0.3, 0.4) is 0 Å². The van der Waals surface area contributed by atoms with Gasteiger partial charge in [-0.05, 0) is 25.0 Å². The largest absolute Gasteiger partial charge is 0.397 e. The maximum absolute atomic E-state index is 11.9. The van der Waals surface area contributed by atoms with Gasteiger partial charge in [0.25, 0.3) is 5.91 Å². The van der Waals surface area contributed by atoms with Crippen molar-refractivity contribution in [3.63, 3.8) is 0 Å². The van der Waals surface area contributed by atoms with Gasteiger partial charge < -0.3 is 21.5 Å². The van der Waals surface area contributed by atoms with Gasteiger partial charge >= 0.3 is 0 Å². The molecule has 9 heteroatoms. The number of nitrogens with zero attached hydrogens (tertiary/aromatic N) is 4. The third-order valence-electron chi connectivity index (χ3n) is 4.72. The normalized spacial score (nSPS) is 21.0. The maximum atomic E-state index is 11.9. The first-order chi connectivity index (χ1) is 13.0. The van der Waals surface area contributed by atoms with Gasteiger partial charge in [-0.1, -0.05) is 17.8 Å². The number of allylic oxidation sites excluding steroid dienone is 1. The predicted octanol–water partition coefficient (Wildman–Crippen LogP) is 0.810. The second-order valence-electron chi connectivity index (χ2n) is 6.56. The van der Waals surface area contributed by atoms with E-state index in [1.165, 1.54) is 11.8 Å². The summed E-state index contributed by atoms with van der Waals surface area (Å²) in [5, 5.41) is 10.5. The minimum absolute atomic E-state index is 0.286. The Morgan fingerprint density at radius 1 is 1.26 bits per heavy atom. The highest BCUT2D eigenvalue weighted by Gasteiger charge is 2.31. The van der Waals surface area contributed by atoms with E-state index in [9.17, 15) is 9.90 Å². The lowest BCUT2D eigenvalue weighted by molar-refractivity contribution is -0.113. The van der Waals surface area contributed by atoms with Gasteiger partial charge in [-0.3, -0.25) is 9.78 Å². The molecule has 0 atom stereocenters. The molecule has 0 radical (unpaired) electrons. The van der Waals surface area contributed by atoms with Crippen LogP contribution in [-0.4, -0.2) is 51.1 Å². The second-order valence-corrected chi connectivity index (χ2v) is 7.65. The molecule has 1 aromatic heterocycles. The van der Waals surface area contributed by atoms with Crippen molar-refractivity contribution in [3.05, 3.63) is 46.3 Å². The van der Waals surface area contributed by atoms with Crippen LogP contribution in [0.5, 0.6) is 0 Å². The molecule has 1 aromatic rings. The van der Waals surface area contributed by atoms with Crippen molar-refractivity contribution in [2.24, 2.45) is 21.5 Å². The summed E-state index contributed by atoms with van der Waals surface area (Å²) in [5.41, 5.74) is 14.1. The van der Waals surface area contributed by atoms with Gasteiger partial charge in [0.05, 0.1) is 28.2 Å². The number of thioether (sulfide) groups is 1. The van der Waals surface area contributed by atoms with E-state index in [0.717, 1.165) is 5.04 Å². The molecule has 3 aliphatic rings. The molecule has 1 fully saturated rings. The summed E-state index contributed by atoms with van der Waals surface area (Å²) in [6, 6.07) is 5.56. The fourth-order valence-electron chi connectivity index (χ4n) is 3.28. The molecule has 0 spiro atoms. The molecule has 4 rings (SSSR count). The number of likely N-dealkylation sites (tertiary alicyclic amines) is 1. The molecule has 0 aromatic carbocycles. The van der Waals surface area contributed by atoms with Crippen LogP contribution < -0.4 is 11.5 Å².